The lowest BCUT2D eigenvalue weighted by Gasteiger charge is -2.09. The summed E-state index contributed by atoms with van der Waals surface area (Å²) in [4.78, 5) is 2.09. The zero-order valence-corrected chi connectivity index (χ0v) is 13.7. The quantitative estimate of drug-likeness (QED) is 0.417. The van der Waals surface area contributed by atoms with Crippen LogP contribution in [0, 0.1) is 0 Å². The minimum atomic E-state index is 1.19. The van der Waals surface area contributed by atoms with E-state index in [-0.39, 0.29) is 0 Å². The van der Waals surface area contributed by atoms with Gasteiger partial charge in [-0.3, -0.25) is 0 Å². The first-order valence-corrected chi connectivity index (χ1v) is 7.51. The van der Waals surface area contributed by atoms with E-state index >= 15 is 0 Å². The lowest BCUT2D eigenvalue weighted by atomic mass is 10.0. The van der Waals surface area contributed by atoms with Crippen LogP contribution in [0.2, 0.25) is 0 Å². The second kappa shape index (κ2) is 8.57. The number of aryl methyl sites for hydroxylation is 1. The average Bonchev–Trinajstić information content (AvgIpc) is 2.38. The van der Waals surface area contributed by atoms with Crippen molar-refractivity contribution in [2.75, 3.05) is 28.2 Å². The maximum Gasteiger partial charge on any atom is 0.172 e. The van der Waals surface area contributed by atoms with Crippen LogP contribution < -0.4 is 0 Å². The van der Waals surface area contributed by atoms with Crippen molar-refractivity contribution < 1.29 is 4.58 Å². The smallest absolute Gasteiger partial charge is 0.172 e. The van der Waals surface area contributed by atoms with E-state index in [1.165, 1.54) is 42.4 Å². The van der Waals surface area contributed by atoms with Crippen molar-refractivity contribution in [3.05, 3.63) is 41.6 Å². The predicted octanol–water partition coefficient (Wildman–Crippen LogP) is 3.66. The van der Waals surface area contributed by atoms with Crippen molar-refractivity contribution in [3.63, 3.8) is 0 Å². The lowest BCUT2D eigenvalue weighted by molar-refractivity contribution is -0.458. The SMILES string of the molecule is CCCCCc1ccc(/C(C=[N+](C)C)=C/N(C)C)cc1. The minimum Gasteiger partial charge on any atom is -0.383 e. The van der Waals surface area contributed by atoms with Gasteiger partial charge in [0.05, 0.1) is 5.57 Å². The van der Waals surface area contributed by atoms with Gasteiger partial charge in [0.1, 0.15) is 14.1 Å². The van der Waals surface area contributed by atoms with Crippen molar-refractivity contribution >= 4 is 11.8 Å². The van der Waals surface area contributed by atoms with E-state index < -0.39 is 0 Å². The summed E-state index contributed by atoms with van der Waals surface area (Å²) in [6.07, 6.45) is 9.41. The van der Waals surface area contributed by atoms with Gasteiger partial charge in [0.15, 0.2) is 6.21 Å². The molecule has 0 aromatic heterocycles. The molecule has 0 fully saturated rings. The fourth-order valence-electron chi connectivity index (χ4n) is 2.18. The van der Waals surface area contributed by atoms with Crippen molar-refractivity contribution in [3.8, 4) is 0 Å². The Morgan fingerprint density at radius 1 is 1.10 bits per heavy atom. The number of hydrogen-bond donors (Lipinski definition) is 0. The summed E-state index contributed by atoms with van der Waals surface area (Å²) in [5, 5.41) is 0. The molecular weight excluding hydrogens is 244 g/mol. The Balaban J connectivity index is 2.85. The molecule has 0 N–H and O–H groups in total. The van der Waals surface area contributed by atoms with Crippen LogP contribution in [0.25, 0.3) is 5.57 Å². The van der Waals surface area contributed by atoms with E-state index in [0.29, 0.717) is 0 Å². The lowest BCUT2D eigenvalue weighted by Crippen LogP contribution is -2.07. The maximum atomic E-state index is 2.26. The minimum absolute atomic E-state index is 1.19. The van der Waals surface area contributed by atoms with Crippen LogP contribution >= 0.6 is 0 Å². The molecule has 2 nitrogen and oxygen atoms in total. The Bertz CT molecular complexity index is 449. The van der Waals surface area contributed by atoms with Crippen LogP contribution in [0.5, 0.6) is 0 Å². The molecule has 0 atom stereocenters. The highest BCUT2D eigenvalue weighted by atomic mass is 15.0. The summed E-state index contributed by atoms with van der Waals surface area (Å²) < 4.78 is 2.09. The summed E-state index contributed by atoms with van der Waals surface area (Å²) in [6, 6.07) is 8.99. The number of rotatable bonds is 7. The van der Waals surface area contributed by atoms with E-state index in [9.17, 15) is 0 Å². The van der Waals surface area contributed by atoms with Gasteiger partial charge < -0.3 is 4.90 Å². The van der Waals surface area contributed by atoms with Crippen molar-refractivity contribution in [2.45, 2.75) is 32.6 Å². The van der Waals surface area contributed by atoms with Gasteiger partial charge in [0.25, 0.3) is 0 Å². The fraction of sp³-hybridized carbons (Fsp3) is 0.500. The van der Waals surface area contributed by atoms with E-state index in [4.69, 9.17) is 0 Å². The molecule has 0 saturated heterocycles. The van der Waals surface area contributed by atoms with Crippen LogP contribution in [0.15, 0.2) is 30.5 Å². The van der Waals surface area contributed by atoms with Gasteiger partial charge in [-0.15, -0.1) is 0 Å². The highest BCUT2D eigenvalue weighted by Crippen LogP contribution is 2.15. The van der Waals surface area contributed by atoms with Gasteiger partial charge in [-0.25, -0.2) is 4.58 Å². The number of hydrogen-bond acceptors (Lipinski definition) is 1. The molecule has 0 radical (unpaired) electrons. The number of allylic oxidation sites excluding steroid dienone is 1. The van der Waals surface area contributed by atoms with Gasteiger partial charge in [0.2, 0.25) is 0 Å². The Labute approximate surface area is 124 Å². The van der Waals surface area contributed by atoms with E-state index in [0.717, 1.165) is 0 Å². The standard InChI is InChI=1S/C18H29N2/c1-6-7-8-9-16-10-12-17(13-11-16)18(14-19(2)3)15-20(4)5/h10-15H,6-9H2,1-5H3/q+1. The Hall–Kier alpha value is -1.57. The Morgan fingerprint density at radius 2 is 1.75 bits per heavy atom. The first kappa shape index (κ1) is 16.5. The first-order valence-electron chi connectivity index (χ1n) is 7.51. The second-order valence-electron chi connectivity index (χ2n) is 5.79. The normalized spacial score (nSPS) is 11.3. The van der Waals surface area contributed by atoms with Gasteiger partial charge in [-0.1, -0.05) is 44.0 Å². The topological polar surface area (TPSA) is 6.25 Å². The number of benzene rings is 1. The van der Waals surface area contributed by atoms with Gasteiger partial charge >= 0.3 is 0 Å². The monoisotopic (exact) mass is 273 g/mol. The number of unbranched alkanes of at least 4 members (excludes halogenated alkanes) is 2. The zero-order valence-electron chi connectivity index (χ0n) is 13.7. The molecule has 1 aromatic rings. The third-order valence-corrected chi connectivity index (χ3v) is 3.15. The number of nitrogens with zero attached hydrogens (tertiary/aromatic N) is 2. The molecule has 0 bridgehead atoms. The molecule has 0 aliphatic heterocycles. The summed E-state index contributed by atoms with van der Waals surface area (Å²) in [6.45, 7) is 2.25. The second-order valence-corrected chi connectivity index (χ2v) is 5.79. The van der Waals surface area contributed by atoms with Crippen LogP contribution in [-0.4, -0.2) is 43.9 Å². The molecule has 0 unspecified atom stereocenters. The van der Waals surface area contributed by atoms with Gasteiger partial charge in [-0.05, 0) is 24.0 Å². The Kier molecular flexibility index (Phi) is 7.06. The van der Waals surface area contributed by atoms with E-state index in [1.807, 2.05) is 0 Å². The third-order valence-electron chi connectivity index (χ3n) is 3.15. The average molecular weight is 273 g/mol. The molecule has 0 aliphatic rings. The van der Waals surface area contributed by atoms with Crippen LogP contribution in [0.4, 0.5) is 0 Å². The predicted molar refractivity (Wildman–Crippen MR) is 89.5 cm³/mol. The van der Waals surface area contributed by atoms with Gasteiger partial charge in [-0.2, -0.15) is 0 Å². The van der Waals surface area contributed by atoms with Crippen LogP contribution in [-0.2, 0) is 6.42 Å². The van der Waals surface area contributed by atoms with E-state index in [1.54, 1.807) is 0 Å². The molecule has 0 amide bonds. The van der Waals surface area contributed by atoms with Gasteiger partial charge in [0, 0.05) is 20.3 Å². The first-order chi connectivity index (χ1) is 9.52. The van der Waals surface area contributed by atoms with Crippen LogP contribution in [0.1, 0.15) is 37.3 Å². The summed E-state index contributed by atoms with van der Waals surface area (Å²) in [5.41, 5.74) is 3.95. The van der Waals surface area contributed by atoms with Crippen molar-refractivity contribution in [2.24, 2.45) is 0 Å². The van der Waals surface area contributed by atoms with Crippen molar-refractivity contribution in [1.82, 2.24) is 4.90 Å². The maximum absolute atomic E-state index is 2.26. The fourth-order valence-corrected chi connectivity index (χ4v) is 2.18. The highest BCUT2D eigenvalue weighted by molar-refractivity contribution is 6.07. The third kappa shape index (κ3) is 6.05. The summed E-state index contributed by atoms with van der Waals surface area (Å²) in [5.74, 6) is 0. The molecule has 2 heteroatoms. The van der Waals surface area contributed by atoms with Crippen LogP contribution in [0.3, 0.4) is 0 Å². The summed E-state index contributed by atoms with van der Waals surface area (Å²) >= 11 is 0. The molecule has 20 heavy (non-hydrogen) atoms. The largest absolute Gasteiger partial charge is 0.383 e. The Morgan fingerprint density at radius 3 is 2.25 bits per heavy atom. The molecule has 1 aromatic carbocycles. The van der Waals surface area contributed by atoms with E-state index in [2.05, 4.69) is 81.3 Å². The van der Waals surface area contributed by atoms with Crippen molar-refractivity contribution in [1.29, 1.82) is 0 Å². The summed E-state index contributed by atoms with van der Waals surface area (Å²) in [7, 11) is 8.23. The molecule has 0 spiro atoms. The molecule has 1 rings (SSSR count). The zero-order chi connectivity index (χ0) is 15.0. The highest BCUT2D eigenvalue weighted by Gasteiger charge is 2.04. The molecule has 0 aliphatic carbocycles. The molecule has 0 saturated carbocycles. The molecule has 0 heterocycles. The molecular formula is C18H29N2+. The molecule has 110 valence electrons.